The van der Waals surface area contributed by atoms with Crippen LogP contribution in [-0.2, 0) is 9.59 Å². The minimum Gasteiger partial charge on any atom is -0.480 e. The lowest BCUT2D eigenvalue weighted by atomic mass is 10.2. The molecular weight excluding hydrogens is 298 g/mol. The lowest BCUT2D eigenvalue weighted by Crippen LogP contribution is -2.20. The van der Waals surface area contributed by atoms with Crippen molar-refractivity contribution in [2.24, 2.45) is 4.99 Å². The number of nitrogens with one attached hydrogen (secondary N) is 1. The summed E-state index contributed by atoms with van der Waals surface area (Å²) >= 11 is 0.987. The maximum absolute atomic E-state index is 11.7. The van der Waals surface area contributed by atoms with Crippen molar-refractivity contribution in [1.82, 2.24) is 5.32 Å². The molecule has 0 aliphatic carbocycles. The molecule has 1 aromatic rings. The first-order valence-electron chi connectivity index (χ1n) is 5.67. The van der Waals surface area contributed by atoms with E-state index >= 15 is 0 Å². The van der Waals surface area contributed by atoms with Crippen LogP contribution in [0.2, 0.25) is 0 Å². The summed E-state index contributed by atoms with van der Waals surface area (Å²) in [5.41, 5.74) is 0.425. The molecule has 1 heterocycles. The number of carbonyl (C=O) groups is 2. The van der Waals surface area contributed by atoms with Crippen molar-refractivity contribution in [1.29, 1.82) is 0 Å². The Morgan fingerprint density at radius 2 is 2.29 bits per heavy atom. The number of carboxylic acid groups (broad SMARTS) is 1. The fraction of sp³-hybridized carbons (Fsp3) is 0.0833. The summed E-state index contributed by atoms with van der Waals surface area (Å²) in [6, 6.07) is 5.83. The van der Waals surface area contributed by atoms with Crippen LogP contribution < -0.4 is 5.32 Å². The van der Waals surface area contributed by atoms with E-state index in [1.807, 2.05) is 0 Å². The number of carboxylic acids is 1. The quantitative estimate of drug-likeness (QED) is 0.490. The van der Waals surface area contributed by atoms with Gasteiger partial charge in [0.2, 0.25) is 0 Å². The number of thioether (sulfide) groups is 1. The number of rotatable bonds is 4. The zero-order chi connectivity index (χ0) is 15.4. The molecule has 8 nitrogen and oxygen atoms in total. The second kappa shape index (κ2) is 6.18. The van der Waals surface area contributed by atoms with Crippen molar-refractivity contribution in [3.05, 3.63) is 44.8 Å². The third-order valence-electron chi connectivity index (χ3n) is 2.39. The zero-order valence-corrected chi connectivity index (χ0v) is 11.3. The number of non-ortho nitro benzene ring substituents is 1. The highest BCUT2D eigenvalue weighted by Crippen LogP contribution is 2.26. The van der Waals surface area contributed by atoms with Crippen molar-refractivity contribution in [2.75, 3.05) is 6.54 Å². The molecule has 0 spiro atoms. The van der Waals surface area contributed by atoms with E-state index in [9.17, 15) is 19.7 Å². The first-order valence-corrected chi connectivity index (χ1v) is 6.49. The van der Waals surface area contributed by atoms with Crippen LogP contribution in [0.1, 0.15) is 5.56 Å². The van der Waals surface area contributed by atoms with Crippen LogP contribution in [0.3, 0.4) is 0 Å². The number of amidine groups is 1. The Bertz CT molecular complexity index is 683. The number of hydrogen-bond donors (Lipinski definition) is 2. The summed E-state index contributed by atoms with van der Waals surface area (Å²) < 4.78 is 0. The number of amides is 1. The number of carbonyl (C=O) groups excluding carboxylic acids is 1. The zero-order valence-electron chi connectivity index (χ0n) is 10.5. The highest BCUT2D eigenvalue weighted by Gasteiger charge is 2.23. The van der Waals surface area contributed by atoms with Crippen molar-refractivity contribution in [3.63, 3.8) is 0 Å². The van der Waals surface area contributed by atoms with E-state index < -0.39 is 23.3 Å². The van der Waals surface area contributed by atoms with Gasteiger partial charge in [-0.1, -0.05) is 12.1 Å². The van der Waals surface area contributed by atoms with Gasteiger partial charge in [-0.05, 0) is 23.4 Å². The second-order valence-electron chi connectivity index (χ2n) is 3.93. The molecule has 0 bridgehead atoms. The third-order valence-corrected chi connectivity index (χ3v) is 3.34. The smallest absolute Gasteiger partial charge is 0.325 e. The van der Waals surface area contributed by atoms with Crippen LogP contribution >= 0.6 is 11.8 Å². The maximum Gasteiger partial charge on any atom is 0.325 e. The van der Waals surface area contributed by atoms with Crippen molar-refractivity contribution in [2.45, 2.75) is 0 Å². The van der Waals surface area contributed by atoms with Crippen molar-refractivity contribution < 1.29 is 19.6 Å². The third kappa shape index (κ3) is 3.89. The van der Waals surface area contributed by atoms with E-state index in [2.05, 4.69) is 10.3 Å². The summed E-state index contributed by atoms with van der Waals surface area (Å²) in [4.78, 5) is 36.3. The van der Waals surface area contributed by atoms with Gasteiger partial charge in [-0.25, -0.2) is 0 Å². The SMILES string of the molecule is O=C(O)CN=C1NC(=O)/C(=C/c2cccc([N+](=O)[O-])c2)S1. The Morgan fingerprint density at radius 1 is 1.52 bits per heavy atom. The molecule has 2 N–H and O–H groups in total. The van der Waals surface area contributed by atoms with E-state index in [0.717, 1.165) is 11.8 Å². The molecule has 2 rings (SSSR count). The molecule has 21 heavy (non-hydrogen) atoms. The lowest BCUT2D eigenvalue weighted by molar-refractivity contribution is -0.384. The van der Waals surface area contributed by atoms with Gasteiger partial charge in [0, 0.05) is 12.1 Å². The van der Waals surface area contributed by atoms with Crippen molar-refractivity contribution in [3.8, 4) is 0 Å². The minimum absolute atomic E-state index is 0.0764. The Kier molecular flexibility index (Phi) is 4.33. The van der Waals surface area contributed by atoms with Gasteiger partial charge in [-0.15, -0.1) is 0 Å². The van der Waals surface area contributed by atoms with Gasteiger partial charge in [-0.3, -0.25) is 24.7 Å². The standard InChI is InChI=1S/C12H9N3O5S/c16-10(17)6-13-12-14-11(18)9(21-12)5-7-2-1-3-8(4-7)15(19)20/h1-5H,6H2,(H,16,17)(H,13,14,18)/b9-5-. The predicted octanol–water partition coefficient (Wildman–Crippen LogP) is 1.24. The number of aliphatic carboxylic acids is 1. The number of nitro groups is 1. The topological polar surface area (TPSA) is 122 Å². The molecule has 1 aliphatic rings. The summed E-state index contributed by atoms with van der Waals surface area (Å²) in [6.45, 7) is -0.438. The fourth-order valence-corrected chi connectivity index (χ4v) is 2.34. The number of hydrogen-bond acceptors (Lipinski definition) is 6. The average Bonchev–Trinajstić information content (AvgIpc) is 2.77. The summed E-state index contributed by atoms with van der Waals surface area (Å²) in [5.74, 6) is -1.52. The second-order valence-corrected chi connectivity index (χ2v) is 4.96. The Morgan fingerprint density at radius 3 is 2.95 bits per heavy atom. The number of nitrogens with zero attached hydrogens (tertiary/aromatic N) is 2. The van der Waals surface area contributed by atoms with Gasteiger partial charge in [-0.2, -0.15) is 0 Å². The number of benzene rings is 1. The van der Waals surface area contributed by atoms with E-state index in [0.29, 0.717) is 10.5 Å². The molecule has 108 valence electrons. The molecule has 0 atom stereocenters. The number of nitro benzene ring substituents is 1. The molecule has 0 aromatic heterocycles. The first kappa shape index (κ1) is 14.7. The lowest BCUT2D eigenvalue weighted by Gasteiger charge is -1.95. The van der Waals surface area contributed by atoms with Gasteiger partial charge in [0.05, 0.1) is 9.83 Å². The minimum atomic E-state index is -1.10. The Hall–Kier alpha value is -2.68. The molecule has 1 aromatic carbocycles. The normalized spacial score (nSPS) is 18.0. The van der Waals surface area contributed by atoms with Crippen LogP contribution in [-0.4, -0.2) is 33.6 Å². The Balaban J connectivity index is 2.20. The van der Waals surface area contributed by atoms with Gasteiger partial charge >= 0.3 is 5.97 Å². The number of aliphatic imine (C=N–C) groups is 1. The largest absolute Gasteiger partial charge is 0.480 e. The van der Waals surface area contributed by atoms with Crippen LogP contribution in [0.4, 0.5) is 5.69 Å². The summed E-state index contributed by atoms with van der Waals surface area (Å²) in [7, 11) is 0. The van der Waals surface area contributed by atoms with Gasteiger partial charge in [0.25, 0.3) is 11.6 Å². The summed E-state index contributed by atoms with van der Waals surface area (Å²) in [5, 5.41) is 21.8. The molecule has 0 radical (unpaired) electrons. The fourth-order valence-electron chi connectivity index (χ4n) is 1.52. The van der Waals surface area contributed by atoms with Gasteiger partial charge in [0.15, 0.2) is 5.17 Å². The molecule has 9 heteroatoms. The average molecular weight is 307 g/mol. The highest BCUT2D eigenvalue weighted by molar-refractivity contribution is 8.18. The van der Waals surface area contributed by atoms with Crippen molar-refractivity contribution >= 4 is 40.6 Å². The van der Waals surface area contributed by atoms with E-state index in [4.69, 9.17) is 5.11 Å². The molecule has 1 saturated heterocycles. The summed E-state index contributed by atoms with van der Waals surface area (Å²) in [6.07, 6.45) is 1.48. The van der Waals surface area contributed by atoms with Gasteiger partial charge < -0.3 is 10.4 Å². The highest BCUT2D eigenvalue weighted by atomic mass is 32.2. The molecule has 0 unspecified atom stereocenters. The Labute approximate surface area is 122 Å². The van der Waals surface area contributed by atoms with Crippen LogP contribution in [0.15, 0.2) is 34.2 Å². The van der Waals surface area contributed by atoms with E-state index in [1.165, 1.54) is 24.3 Å². The van der Waals surface area contributed by atoms with Crippen LogP contribution in [0.5, 0.6) is 0 Å². The van der Waals surface area contributed by atoms with Crippen LogP contribution in [0.25, 0.3) is 6.08 Å². The molecule has 1 aliphatic heterocycles. The van der Waals surface area contributed by atoms with Gasteiger partial charge in [0.1, 0.15) is 6.54 Å². The molecule has 0 saturated carbocycles. The molecule has 1 fully saturated rings. The van der Waals surface area contributed by atoms with Crippen LogP contribution in [0, 0.1) is 10.1 Å². The molecular formula is C12H9N3O5S. The molecule has 1 amide bonds. The maximum atomic E-state index is 11.7. The van der Waals surface area contributed by atoms with E-state index in [-0.39, 0.29) is 10.9 Å². The van der Waals surface area contributed by atoms with E-state index in [1.54, 1.807) is 6.07 Å². The first-order chi connectivity index (χ1) is 9.95. The predicted molar refractivity (Wildman–Crippen MR) is 76.7 cm³/mol. The monoisotopic (exact) mass is 307 g/mol.